The van der Waals surface area contributed by atoms with Gasteiger partial charge in [0.25, 0.3) is 11.5 Å². The molecule has 264 valence electrons. The maximum Gasteiger partial charge on any atom is 0.411 e. The van der Waals surface area contributed by atoms with Crippen LogP contribution in [0, 0.1) is 0 Å². The Labute approximate surface area is 300 Å². The largest absolute Gasteiger partial charge is 0.444 e. The standard InChI is InChI=1S/C37H41Cl2N5O6/c1-36(2,3)50-35(47)44-28-5-4-6-30(28)49-20-29(44)23-9-13-26(14-10-23)43-31(39)19-27-32(43)40-22-42(34(27)46)21-37(48)15-17-41(18-16-37)33(45)24-7-11-25(38)12-8-24/h7-14,19,22,28-30,48H,4-6,15-18,20-21H2,1-3H3. The molecule has 0 bridgehead atoms. The number of fused-ring (bicyclic) bond motifs is 2. The van der Waals surface area contributed by atoms with Gasteiger partial charge in [-0.25, -0.2) is 9.78 Å². The molecule has 3 aliphatic rings. The number of rotatable bonds is 5. The van der Waals surface area contributed by atoms with Gasteiger partial charge in [-0.3, -0.25) is 23.6 Å². The van der Waals surface area contributed by atoms with Gasteiger partial charge in [-0.15, -0.1) is 0 Å². The number of piperidine rings is 1. The summed E-state index contributed by atoms with van der Waals surface area (Å²) in [5.74, 6) is -0.122. The van der Waals surface area contributed by atoms with Gasteiger partial charge in [-0.1, -0.05) is 35.3 Å². The van der Waals surface area contributed by atoms with E-state index in [0.29, 0.717) is 65.0 Å². The first kappa shape index (κ1) is 34.5. The second-order valence-electron chi connectivity index (χ2n) is 14.6. The van der Waals surface area contributed by atoms with Crippen molar-refractivity contribution in [3.8, 4) is 5.69 Å². The Kier molecular flexibility index (Phi) is 9.21. The fourth-order valence-electron chi connectivity index (χ4n) is 7.45. The summed E-state index contributed by atoms with van der Waals surface area (Å²) in [4.78, 5) is 48.2. The number of ether oxygens (including phenoxy) is 2. The second-order valence-corrected chi connectivity index (χ2v) is 15.4. The van der Waals surface area contributed by atoms with Crippen LogP contribution in [0.2, 0.25) is 10.2 Å². The number of amides is 2. The molecule has 2 saturated heterocycles. The minimum atomic E-state index is -1.19. The van der Waals surface area contributed by atoms with E-state index in [1.54, 1.807) is 39.8 Å². The molecular weight excluding hydrogens is 681 g/mol. The van der Waals surface area contributed by atoms with Crippen molar-refractivity contribution in [2.75, 3.05) is 19.7 Å². The molecule has 0 spiro atoms. The molecule has 11 nitrogen and oxygen atoms in total. The van der Waals surface area contributed by atoms with Crippen LogP contribution in [-0.4, -0.2) is 84.1 Å². The average molecular weight is 723 g/mol. The highest BCUT2D eigenvalue weighted by Crippen LogP contribution is 2.39. The Balaban J connectivity index is 1.08. The van der Waals surface area contributed by atoms with Crippen molar-refractivity contribution in [2.24, 2.45) is 0 Å². The van der Waals surface area contributed by atoms with Crippen molar-refractivity contribution < 1.29 is 24.2 Å². The van der Waals surface area contributed by atoms with Crippen molar-refractivity contribution >= 4 is 46.2 Å². The molecule has 1 aliphatic carbocycles. The summed E-state index contributed by atoms with van der Waals surface area (Å²) >= 11 is 12.7. The Morgan fingerprint density at radius 3 is 2.42 bits per heavy atom. The molecule has 0 radical (unpaired) electrons. The minimum absolute atomic E-state index is 0.0102. The molecule has 50 heavy (non-hydrogen) atoms. The number of morpholine rings is 1. The lowest BCUT2D eigenvalue weighted by Crippen LogP contribution is -2.54. The minimum Gasteiger partial charge on any atom is -0.444 e. The number of hydrogen-bond donors (Lipinski definition) is 1. The summed E-state index contributed by atoms with van der Waals surface area (Å²) in [7, 11) is 0. The van der Waals surface area contributed by atoms with Crippen molar-refractivity contribution in [1.29, 1.82) is 0 Å². The quantitative estimate of drug-likeness (QED) is 0.254. The molecule has 1 saturated carbocycles. The number of benzene rings is 2. The molecule has 2 amide bonds. The summed E-state index contributed by atoms with van der Waals surface area (Å²) in [5, 5.41) is 12.6. The molecule has 3 atom stereocenters. The number of aliphatic hydroxyl groups is 1. The van der Waals surface area contributed by atoms with E-state index < -0.39 is 11.2 Å². The van der Waals surface area contributed by atoms with E-state index in [1.807, 2.05) is 49.9 Å². The van der Waals surface area contributed by atoms with Gasteiger partial charge < -0.3 is 19.5 Å². The first-order valence-corrected chi connectivity index (χ1v) is 17.8. The molecule has 2 aromatic heterocycles. The molecule has 7 rings (SSSR count). The number of halogens is 2. The molecule has 13 heteroatoms. The number of hydrogen-bond acceptors (Lipinski definition) is 7. The Morgan fingerprint density at radius 1 is 1.04 bits per heavy atom. The monoisotopic (exact) mass is 721 g/mol. The van der Waals surface area contributed by atoms with Crippen LogP contribution in [-0.2, 0) is 16.0 Å². The zero-order chi connectivity index (χ0) is 35.4. The Morgan fingerprint density at radius 2 is 1.74 bits per heavy atom. The highest BCUT2D eigenvalue weighted by atomic mass is 35.5. The molecule has 2 aromatic carbocycles. The van der Waals surface area contributed by atoms with Gasteiger partial charge in [0.15, 0.2) is 5.65 Å². The lowest BCUT2D eigenvalue weighted by molar-refractivity contribution is -0.0932. The zero-order valence-corrected chi connectivity index (χ0v) is 29.9. The third-order valence-electron chi connectivity index (χ3n) is 10.00. The molecule has 4 aromatic rings. The summed E-state index contributed by atoms with van der Waals surface area (Å²) < 4.78 is 15.2. The zero-order valence-electron chi connectivity index (χ0n) is 28.3. The van der Waals surface area contributed by atoms with E-state index in [2.05, 4.69) is 4.98 Å². The van der Waals surface area contributed by atoms with Crippen LogP contribution < -0.4 is 5.56 Å². The van der Waals surface area contributed by atoms with E-state index in [9.17, 15) is 19.5 Å². The third kappa shape index (κ3) is 6.76. The highest BCUT2D eigenvalue weighted by Gasteiger charge is 2.45. The van der Waals surface area contributed by atoms with Crippen molar-refractivity contribution in [3.05, 3.63) is 92.6 Å². The summed E-state index contributed by atoms with van der Waals surface area (Å²) in [6, 6.07) is 15.6. The maximum absolute atomic E-state index is 13.7. The van der Waals surface area contributed by atoms with Gasteiger partial charge in [0.05, 0.1) is 42.3 Å². The van der Waals surface area contributed by atoms with Crippen molar-refractivity contribution in [3.63, 3.8) is 0 Å². The smallest absolute Gasteiger partial charge is 0.411 e. The molecule has 1 N–H and O–H groups in total. The van der Waals surface area contributed by atoms with Crippen molar-refractivity contribution in [2.45, 2.75) is 88.8 Å². The van der Waals surface area contributed by atoms with Crippen LogP contribution in [0.3, 0.4) is 0 Å². The SMILES string of the molecule is CC(C)(C)OC(=O)N1C(c2ccc(-n3c(Cl)cc4c(=O)n(CC5(O)CCN(C(=O)c6ccc(Cl)cc6)CC5)cnc43)cc2)COC2CCCC21. The fourth-order valence-corrected chi connectivity index (χ4v) is 7.86. The molecule has 4 heterocycles. The van der Waals surface area contributed by atoms with Crippen LogP contribution >= 0.6 is 23.2 Å². The van der Waals surface area contributed by atoms with Gasteiger partial charge in [0.1, 0.15) is 17.1 Å². The lowest BCUT2D eigenvalue weighted by Gasteiger charge is -2.44. The van der Waals surface area contributed by atoms with E-state index in [0.717, 1.165) is 24.8 Å². The third-order valence-corrected chi connectivity index (χ3v) is 10.5. The van der Waals surface area contributed by atoms with Crippen LogP contribution in [0.15, 0.2) is 65.7 Å². The van der Waals surface area contributed by atoms with Crippen molar-refractivity contribution in [1.82, 2.24) is 23.9 Å². The highest BCUT2D eigenvalue weighted by molar-refractivity contribution is 6.31. The topological polar surface area (TPSA) is 119 Å². The summed E-state index contributed by atoms with van der Waals surface area (Å²) in [6.07, 6.45) is 4.51. The van der Waals surface area contributed by atoms with Crippen LogP contribution in [0.25, 0.3) is 16.7 Å². The van der Waals surface area contributed by atoms with E-state index in [-0.39, 0.29) is 42.3 Å². The lowest BCUT2D eigenvalue weighted by atomic mass is 9.91. The predicted octanol–water partition coefficient (Wildman–Crippen LogP) is 6.39. The first-order valence-electron chi connectivity index (χ1n) is 17.1. The number of likely N-dealkylation sites (tertiary alicyclic amines) is 1. The first-order chi connectivity index (χ1) is 23.8. The number of nitrogens with zero attached hydrogens (tertiary/aromatic N) is 5. The molecular formula is C37H41Cl2N5O6. The van der Waals surface area contributed by atoms with Crippen LogP contribution in [0.1, 0.15) is 74.8 Å². The number of carbonyl (C=O) groups is 2. The van der Waals surface area contributed by atoms with Gasteiger partial charge in [-0.05, 0) is 101 Å². The molecule has 3 unspecified atom stereocenters. The number of carbonyl (C=O) groups excluding carboxylic acids is 2. The average Bonchev–Trinajstić information content (AvgIpc) is 3.69. The molecule has 2 aliphatic heterocycles. The predicted molar refractivity (Wildman–Crippen MR) is 190 cm³/mol. The van der Waals surface area contributed by atoms with Gasteiger partial charge in [0.2, 0.25) is 0 Å². The van der Waals surface area contributed by atoms with Gasteiger partial charge in [-0.2, -0.15) is 0 Å². The number of aromatic nitrogens is 3. The maximum atomic E-state index is 13.7. The Hall–Kier alpha value is -3.90. The molecule has 3 fully saturated rings. The van der Waals surface area contributed by atoms with E-state index in [1.165, 1.54) is 10.9 Å². The van der Waals surface area contributed by atoms with Crippen LogP contribution in [0.4, 0.5) is 4.79 Å². The fraction of sp³-hybridized carbons (Fsp3) is 0.459. The van der Waals surface area contributed by atoms with Crippen LogP contribution in [0.5, 0.6) is 0 Å². The Bertz CT molecular complexity index is 1960. The van der Waals surface area contributed by atoms with Gasteiger partial charge >= 0.3 is 6.09 Å². The van der Waals surface area contributed by atoms with Gasteiger partial charge in [0, 0.05) is 29.4 Å². The van der Waals surface area contributed by atoms with E-state index in [4.69, 9.17) is 32.7 Å². The normalized spacial score (nSPS) is 22.1. The second kappa shape index (κ2) is 13.3. The van der Waals surface area contributed by atoms with E-state index >= 15 is 0 Å². The summed E-state index contributed by atoms with van der Waals surface area (Å²) in [6.45, 7) is 6.72. The summed E-state index contributed by atoms with van der Waals surface area (Å²) in [5.41, 5.74) is 0.408.